The first kappa shape index (κ1) is 19.4. The second kappa shape index (κ2) is 8.14. The van der Waals surface area contributed by atoms with E-state index >= 15 is 0 Å². The number of nitrogens with zero attached hydrogens (tertiary/aromatic N) is 1. The lowest BCUT2D eigenvalue weighted by Crippen LogP contribution is -2.10. The molecule has 0 saturated carbocycles. The third-order valence-electron chi connectivity index (χ3n) is 4.13. The summed E-state index contributed by atoms with van der Waals surface area (Å²) in [4.78, 5) is 14.1. The van der Waals surface area contributed by atoms with Crippen molar-refractivity contribution in [3.63, 3.8) is 0 Å². The molecule has 0 saturated heterocycles. The van der Waals surface area contributed by atoms with Gasteiger partial charge in [0.05, 0.1) is 11.1 Å². The van der Waals surface area contributed by atoms with E-state index in [-0.39, 0.29) is 22.5 Å². The zero-order chi connectivity index (χ0) is 20.3. The SMILES string of the molecule is CN(C)c1ccc(/C=C/c2oc3cc(OCCN)ccc3c(=O)c2O)cc1F. The molecule has 0 unspecified atom stereocenters. The Balaban J connectivity index is 1.98. The topological polar surface area (TPSA) is 88.9 Å². The minimum absolute atomic E-state index is 0.0226. The normalized spacial score (nSPS) is 11.3. The molecule has 0 spiro atoms. The molecule has 3 aromatic rings. The van der Waals surface area contributed by atoms with Crippen LogP contribution in [0, 0.1) is 5.82 Å². The fourth-order valence-corrected chi connectivity index (χ4v) is 2.72. The van der Waals surface area contributed by atoms with Gasteiger partial charge in [0, 0.05) is 26.7 Å². The largest absolute Gasteiger partial charge is 0.502 e. The maximum atomic E-state index is 14.1. The van der Waals surface area contributed by atoms with E-state index in [9.17, 15) is 14.3 Å². The molecule has 0 aliphatic carbocycles. The fraction of sp³-hybridized carbons (Fsp3) is 0.190. The third kappa shape index (κ3) is 3.99. The first-order chi connectivity index (χ1) is 13.4. The first-order valence-corrected chi connectivity index (χ1v) is 8.68. The summed E-state index contributed by atoms with van der Waals surface area (Å²) in [6, 6.07) is 9.43. The molecule has 2 aromatic carbocycles. The molecule has 0 radical (unpaired) electrons. The molecule has 0 aliphatic rings. The van der Waals surface area contributed by atoms with Gasteiger partial charge in [-0.1, -0.05) is 12.1 Å². The van der Waals surface area contributed by atoms with Gasteiger partial charge in [-0.25, -0.2) is 4.39 Å². The summed E-state index contributed by atoms with van der Waals surface area (Å²) in [6.07, 6.45) is 2.98. The van der Waals surface area contributed by atoms with E-state index in [1.165, 1.54) is 18.2 Å². The predicted molar refractivity (Wildman–Crippen MR) is 108 cm³/mol. The van der Waals surface area contributed by atoms with Crippen LogP contribution >= 0.6 is 0 Å². The van der Waals surface area contributed by atoms with Crippen molar-refractivity contribution >= 4 is 28.8 Å². The number of rotatable bonds is 6. The second-order valence-corrected chi connectivity index (χ2v) is 6.38. The van der Waals surface area contributed by atoms with Crippen LogP contribution in [0.3, 0.4) is 0 Å². The number of aromatic hydroxyl groups is 1. The molecular formula is C21H21FN2O4. The Morgan fingerprint density at radius 2 is 2.00 bits per heavy atom. The summed E-state index contributed by atoms with van der Waals surface area (Å²) in [6.45, 7) is 0.684. The van der Waals surface area contributed by atoms with Crippen LogP contribution in [-0.2, 0) is 0 Å². The van der Waals surface area contributed by atoms with Gasteiger partial charge in [-0.3, -0.25) is 4.79 Å². The van der Waals surface area contributed by atoms with Crippen molar-refractivity contribution in [3.05, 3.63) is 63.8 Å². The van der Waals surface area contributed by atoms with Gasteiger partial charge in [0.1, 0.15) is 23.8 Å². The zero-order valence-corrected chi connectivity index (χ0v) is 15.6. The van der Waals surface area contributed by atoms with E-state index in [1.54, 1.807) is 49.3 Å². The van der Waals surface area contributed by atoms with Gasteiger partial charge >= 0.3 is 0 Å². The Morgan fingerprint density at radius 3 is 2.68 bits per heavy atom. The average molecular weight is 384 g/mol. The molecule has 0 atom stereocenters. The Morgan fingerprint density at radius 1 is 1.21 bits per heavy atom. The Hall–Kier alpha value is -3.32. The molecule has 1 aromatic heterocycles. The number of fused-ring (bicyclic) bond motifs is 1. The van der Waals surface area contributed by atoms with E-state index in [0.29, 0.717) is 30.2 Å². The van der Waals surface area contributed by atoms with Crippen LogP contribution in [0.1, 0.15) is 11.3 Å². The lowest BCUT2D eigenvalue weighted by molar-refractivity contribution is 0.328. The van der Waals surface area contributed by atoms with Gasteiger partial charge in [-0.05, 0) is 35.9 Å². The number of ether oxygens (including phenoxy) is 1. The van der Waals surface area contributed by atoms with Crippen LogP contribution in [0.5, 0.6) is 11.5 Å². The lowest BCUT2D eigenvalue weighted by atomic mass is 10.1. The van der Waals surface area contributed by atoms with Crippen molar-refractivity contribution in [2.75, 3.05) is 32.1 Å². The van der Waals surface area contributed by atoms with Crippen LogP contribution in [0.25, 0.3) is 23.1 Å². The molecular weight excluding hydrogens is 363 g/mol. The second-order valence-electron chi connectivity index (χ2n) is 6.38. The maximum Gasteiger partial charge on any atom is 0.235 e. The highest BCUT2D eigenvalue weighted by atomic mass is 19.1. The van der Waals surface area contributed by atoms with Gasteiger partial charge in [0.25, 0.3) is 0 Å². The highest BCUT2D eigenvalue weighted by Gasteiger charge is 2.12. The van der Waals surface area contributed by atoms with Crippen molar-refractivity contribution in [2.24, 2.45) is 5.73 Å². The smallest absolute Gasteiger partial charge is 0.235 e. The van der Waals surface area contributed by atoms with Crippen LogP contribution in [0.2, 0.25) is 0 Å². The zero-order valence-electron chi connectivity index (χ0n) is 15.6. The van der Waals surface area contributed by atoms with Crippen molar-refractivity contribution in [2.45, 2.75) is 0 Å². The number of nitrogens with two attached hydrogens (primary N) is 1. The van der Waals surface area contributed by atoms with Crippen molar-refractivity contribution in [1.29, 1.82) is 0 Å². The van der Waals surface area contributed by atoms with E-state index < -0.39 is 11.2 Å². The number of hydrogen-bond acceptors (Lipinski definition) is 6. The summed E-state index contributed by atoms with van der Waals surface area (Å²) in [5.41, 5.74) is 6.15. The number of anilines is 1. The minimum Gasteiger partial charge on any atom is -0.502 e. The average Bonchev–Trinajstić information content (AvgIpc) is 2.67. The summed E-state index contributed by atoms with van der Waals surface area (Å²) in [5, 5.41) is 10.4. The highest BCUT2D eigenvalue weighted by Crippen LogP contribution is 2.26. The highest BCUT2D eigenvalue weighted by molar-refractivity contribution is 5.82. The van der Waals surface area contributed by atoms with Crippen LogP contribution in [-0.4, -0.2) is 32.4 Å². The molecule has 6 nitrogen and oxygen atoms in total. The summed E-state index contributed by atoms with van der Waals surface area (Å²) >= 11 is 0. The molecule has 0 aliphatic heterocycles. The quantitative estimate of drug-likeness (QED) is 0.678. The van der Waals surface area contributed by atoms with E-state index in [2.05, 4.69) is 0 Å². The third-order valence-corrected chi connectivity index (χ3v) is 4.13. The van der Waals surface area contributed by atoms with E-state index in [4.69, 9.17) is 14.9 Å². The summed E-state index contributed by atoms with van der Waals surface area (Å²) in [5.74, 6) is -0.406. The van der Waals surface area contributed by atoms with Gasteiger partial charge in [0.2, 0.25) is 11.2 Å². The maximum absolute atomic E-state index is 14.1. The van der Waals surface area contributed by atoms with Gasteiger partial charge in [0.15, 0.2) is 5.76 Å². The van der Waals surface area contributed by atoms with Crippen molar-refractivity contribution in [3.8, 4) is 11.5 Å². The standard InChI is InChI=1S/C21H21FN2O4/c1-24(2)17-7-3-13(11-16(17)22)4-8-18-21(26)20(25)15-6-5-14(27-10-9-23)12-19(15)28-18/h3-8,11-12,26H,9-10,23H2,1-2H3/b8-4+. The Kier molecular flexibility index (Phi) is 5.65. The van der Waals surface area contributed by atoms with Crippen LogP contribution in [0.4, 0.5) is 10.1 Å². The summed E-state index contributed by atoms with van der Waals surface area (Å²) < 4.78 is 25.2. The van der Waals surface area contributed by atoms with E-state index in [1.807, 2.05) is 0 Å². The summed E-state index contributed by atoms with van der Waals surface area (Å²) in [7, 11) is 3.50. The van der Waals surface area contributed by atoms with Gasteiger partial charge < -0.3 is 24.9 Å². The number of hydrogen-bond donors (Lipinski definition) is 2. The lowest BCUT2D eigenvalue weighted by Gasteiger charge is -2.13. The Labute approximate surface area is 161 Å². The van der Waals surface area contributed by atoms with Gasteiger partial charge in [-0.15, -0.1) is 0 Å². The molecule has 0 amide bonds. The van der Waals surface area contributed by atoms with E-state index in [0.717, 1.165) is 0 Å². The number of benzene rings is 2. The molecule has 0 fully saturated rings. The molecule has 3 N–H and O–H groups in total. The number of halogens is 1. The Bertz CT molecular complexity index is 1090. The monoisotopic (exact) mass is 384 g/mol. The predicted octanol–water partition coefficient (Wildman–Crippen LogP) is 3.21. The first-order valence-electron chi connectivity index (χ1n) is 8.68. The molecule has 1 heterocycles. The molecule has 3 rings (SSSR count). The molecule has 146 valence electrons. The van der Waals surface area contributed by atoms with Crippen molar-refractivity contribution in [1.82, 2.24) is 0 Å². The molecule has 7 heteroatoms. The fourth-order valence-electron chi connectivity index (χ4n) is 2.72. The molecule has 0 bridgehead atoms. The molecule has 28 heavy (non-hydrogen) atoms. The van der Waals surface area contributed by atoms with Crippen LogP contribution in [0.15, 0.2) is 45.6 Å². The van der Waals surface area contributed by atoms with Gasteiger partial charge in [-0.2, -0.15) is 0 Å². The van der Waals surface area contributed by atoms with Crippen LogP contribution < -0.4 is 20.8 Å². The van der Waals surface area contributed by atoms with Crippen molar-refractivity contribution < 1.29 is 18.7 Å². The minimum atomic E-state index is -0.555.